The zero-order valence-corrected chi connectivity index (χ0v) is 7.24. The minimum absolute atomic E-state index is 1.07. The molecule has 0 amide bonds. The molecule has 0 aromatic carbocycles. The zero-order chi connectivity index (χ0) is 7.54. The molecule has 0 atom stereocenters. The van der Waals surface area contributed by atoms with E-state index in [4.69, 9.17) is 0 Å². The summed E-state index contributed by atoms with van der Waals surface area (Å²) in [4.78, 5) is 0. The molecule has 0 unspecified atom stereocenters. The van der Waals surface area contributed by atoms with Crippen molar-refractivity contribution in [3.63, 3.8) is 0 Å². The van der Waals surface area contributed by atoms with Crippen LogP contribution < -0.4 is 0 Å². The average molecular weight is 121 g/mol. The summed E-state index contributed by atoms with van der Waals surface area (Å²) in [7, 11) is 0. The van der Waals surface area contributed by atoms with Crippen LogP contribution in [0.4, 0.5) is 0 Å². The van der Waals surface area contributed by atoms with Crippen LogP contribution in [-0.4, -0.2) is 17.7 Å². The number of unbranched alkanes of at least 4 members (excludes halogenated alkanes) is 2. The molecular weight excluding hydrogens is 103 g/mol. The molecule has 0 fully saturated rings. The van der Waals surface area contributed by atoms with Gasteiger partial charge in [-0.15, -0.1) is 0 Å². The molecule has 0 saturated heterocycles. The first-order valence-corrected chi connectivity index (χ1v) is 4.12. The van der Waals surface area contributed by atoms with Gasteiger partial charge < -0.3 is 0 Å². The third kappa shape index (κ3) is 28.9. The molecule has 0 saturated carbocycles. The van der Waals surface area contributed by atoms with E-state index in [-0.39, 0.29) is 0 Å². The van der Waals surface area contributed by atoms with Crippen LogP contribution in [0.25, 0.3) is 0 Å². The molecule has 0 bridgehead atoms. The molecule has 0 spiro atoms. The fourth-order valence-electron chi connectivity index (χ4n) is 0.354. The van der Waals surface area contributed by atoms with Gasteiger partial charge in [-0.3, -0.25) is 0 Å². The Morgan fingerprint density at radius 1 is 1.22 bits per heavy atom. The normalized spacial score (nSPS) is 8.11. The van der Waals surface area contributed by atoms with Crippen molar-refractivity contribution in [3.8, 4) is 0 Å². The molecule has 0 aliphatic heterocycles. The van der Waals surface area contributed by atoms with Crippen molar-refractivity contribution < 1.29 is 0 Å². The zero-order valence-electron chi connectivity index (χ0n) is 7.24. The van der Waals surface area contributed by atoms with Gasteiger partial charge >= 0.3 is 42.6 Å². The number of rotatable bonds is 3. The van der Waals surface area contributed by atoms with Crippen molar-refractivity contribution in [2.45, 2.75) is 44.6 Å². The van der Waals surface area contributed by atoms with Crippen molar-refractivity contribution in [2.75, 3.05) is 0 Å². The van der Waals surface area contributed by atoms with E-state index in [2.05, 4.69) is 38.5 Å². The number of hydrogen-bond acceptors (Lipinski definition) is 0. The van der Waals surface area contributed by atoms with E-state index in [1.54, 1.807) is 0 Å². The summed E-state index contributed by atoms with van der Waals surface area (Å²) in [6.07, 6.45) is 5.01. The molecule has 0 aromatic rings. The van der Waals surface area contributed by atoms with E-state index in [1.807, 2.05) is 0 Å². The standard InChI is InChI=1S/2C4H9.Li/c2*1-3-4-2;/h2*1,3-4H2,2H3;. The fourth-order valence-corrected chi connectivity index (χ4v) is 0.354. The second-order valence-corrected chi connectivity index (χ2v) is 2.21. The Bertz CT molecular complexity index is 23.7. The summed E-state index contributed by atoms with van der Waals surface area (Å²) in [5.74, 6) is 0. The monoisotopic (exact) mass is 121 g/mol. The molecule has 0 N–H and O–H groups in total. The third-order valence-corrected chi connectivity index (χ3v) is 1.06. The fraction of sp³-hybridized carbons (Fsp3) is 0.875. The first kappa shape index (κ1) is 12.3. The Hall–Kier alpha value is 0.597. The van der Waals surface area contributed by atoms with Gasteiger partial charge in [-0.1, -0.05) is 26.7 Å². The quantitative estimate of drug-likeness (QED) is 0.503. The molecular formula is C8H18Li. The van der Waals surface area contributed by atoms with Crippen LogP contribution in [0.1, 0.15) is 39.5 Å². The molecule has 0 nitrogen and oxygen atoms in total. The first-order valence-electron chi connectivity index (χ1n) is 4.12. The summed E-state index contributed by atoms with van der Waals surface area (Å²) in [6, 6.07) is 0. The van der Waals surface area contributed by atoms with Gasteiger partial charge in [0.05, 0.1) is 0 Å². The van der Waals surface area contributed by atoms with Crippen LogP contribution in [0.5, 0.6) is 0 Å². The second-order valence-electron chi connectivity index (χ2n) is 2.21. The number of hydrogen-bond donors (Lipinski definition) is 0. The average Bonchev–Trinajstić information content (AvgIpc) is 1.91. The van der Waals surface area contributed by atoms with E-state index in [1.165, 1.54) is 24.4 Å². The second kappa shape index (κ2) is 15.8. The molecule has 0 aromatic heterocycles. The molecule has 0 aliphatic rings. The van der Waals surface area contributed by atoms with Crippen LogP contribution in [0.2, 0.25) is 5.09 Å². The van der Waals surface area contributed by atoms with Crippen molar-refractivity contribution in [3.05, 3.63) is 6.92 Å². The molecule has 1 heteroatoms. The Labute approximate surface area is 69.6 Å². The molecule has 0 aliphatic carbocycles. The van der Waals surface area contributed by atoms with Gasteiger partial charge in [0.25, 0.3) is 0 Å². The minimum atomic E-state index is 1.07. The van der Waals surface area contributed by atoms with Crippen molar-refractivity contribution >= 4 is 17.7 Å². The maximum atomic E-state index is 3.60. The van der Waals surface area contributed by atoms with Gasteiger partial charge in [-0.2, -0.15) is 0 Å². The van der Waals surface area contributed by atoms with Gasteiger partial charge in [-0.05, 0) is 0 Å². The van der Waals surface area contributed by atoms with Crippen molar-refractivity contribution in [2.24, 2.45) is 0 Å². The van der Waals surface area contributed by atoms with Crippen LogP contribution in [-0.2, 0) is 0 Å². The Kier molecular flexibility index (Phi) is 21.6. The van der Waals surface area contributed by atoms with E-state index in [9.17, 15) is 0 Å². The predicted octanol–water partition coefficient (Wildman–Crippen LogP) is 2.99. The van der Waals surface area contributed by atoms with Crippen LogP contribution in [0, 0.1) is 6.92 Å². The van der Waals surface area contributed by atoms with Gasteiger partial charge in [0.1, 0.15) is 0 Å². The Morgan fingerprint density at radius 2 is 1.67 bits per heavy atom. The summed E-state index contributed by atoms with van der Waals surface area (Å²) < 4.78 is 0. The van der Waals surface area contributed by atoms with E-state index in [0.29, 0.717) is 0 Å². The van der Waals surface area contributed by atoms with Crippen molar-refractivity contribution in [1.82, 2.24) is 0 Å². The van der Waals surface area contributed by atoms with Gasteiger partial charge in [-0.25, -0.2) is 0 Å². The van der Waals surface area contributed by atoms with Gasteiger partial charge in [0.15, 0.2) is 0 Å². The van der Waals surface area contributed by atoms with Gasteiger partial charge in [0.2, 0.25) is 0 Å². The van der Waals surface area contributed by atoms with Crippen LogP contribution >= 0.6 is 0 Å². The topological polar surface area (TPSA) is 0 Å². The maximum absolute atomic E-state index is 3.60. The Balaban J connectivity index is 0. The van der Waals surface area contributed by atoms with Gasteiger partial charge in [0, 0.05) is 0 Å². The van der Waals surface area contributed by atoms with E-state index < -0.39 is 0 Å². The Morgan fingerprint density at radius 3 is 1.67 bits per heavy atom. The SMILES string of the molecule is [CH2]CCC.[Li][CH2]CCC. The molecule has 1 radical (unpaired) electrons. The summed E-state index contributed by atoms with van der Waals surface area (Å²) >= 11 is 2.21. The summed E-state index contributed by atoms with van der Waals surface area (Å²) in [5, 5.41) is 1.34. The third-order valence-electron chi connectivity index (χ3n) is 1.06. The molecule has 0 heterocycles. The summed E-state index contributed by atoms with van der Waals surface area (Å²) in [6.45, 7) is 7.93. The first-order chi connectivity index (χ1) is 4.33. The molecule has 9 heavy (non-hydrogen) atoms. The van der Waals surface area contributed by atoms with E-state index >= 15 is 0 Å². The van der Waals surface area contributed by atoms with Crippen molar-refractivity contribution in [1.29, 1.82) is 0 Å². The predicted molar refractivity (Wildman–Crippen MR) is 45.7 cm³/mol. The van der Waals surface area contributed by atoms with E-state index in [0.717, 1.165) is 6.42 Å². The van der Waals surface area contributed by atoms with Crippen LogP contribution in [0.3, 0.4) is 0 Å². The van der Waals surface area contributed by atoms with Crippen LogP contribution in [0.15, 0.2) is 0 Å². The summed E-state index contributed by atoms with van der Waals surface area (Å²) in [5.41, 5.74) is 0. The molecule has 51 valence electrons. The molecule has 0 rings (SSSR count).